The number of fused-ring (bicyclic) bond motifs is 1. The molecule has 0 radical (unpaired) electrons. The Labute approximate surface area is 188 Å². The molecule has 0 spiro atoms. The molecule has 4 rings (SSSR count). The van der Waals surface area contributed by atoms with E-state index in [-0.39, 0.29) is 12.0 Å². The van der Waals surface area contributed by atoms with Crippen LogP contribution in [0.25, 0.3) is 11.3 Å². The Morgan fingerprint density at radius 2 is 1.69 bits per heavy atom. The first kappa shape index (κ1) is 22.0. The van der Waals surface area contributed by atoms with Gasteiger partial charge in [0.15, 0.2) is 0 Å². The van der Waals surface area contributed by atoms with Crippen molar-refractivity contribution < 1.29 is 14.3 Å². The molecule has 1 saturated carbocycles. The molecule has 8 heteroatoms. The number of rotatable bonds is 4. The lowest BCUT2D eigenvalue weighted by molar-refractivity contribution is -0.114. The molecule has 3 atom stereocenters. The van der Waals surface area contributed by atoms with Crippen molar-refractivity contribution in [3.63, 3.8) is 0 Å². The topological polar surface area (TPSA) is 96.5 Å². The minimum Gasteiger partial charge on any atom is -0.444 e. The first-order valence-corrected chi connectivity index (χ1v) is 11.1. The highest BCUT2D eigenvalue weighted by molar-refractivity contribution is 5.88. The second kappa shape index (κ2) is 8.76. The fourth-order valence-electron chi connectivity index (χ4n) is 4.58. The van der Waals surface area contributed by atoms with Crippen LogP contribution >= 0.6 is 0 Å². The fraction of sp³-hybridized carbons (Fsp3) is 0.500. The number of nitrogens with zero attached hydrogens (tertiary/aromatic N) is 3. The third-order valence-corrected chi connectivity index (χ3v) is 5.91. The minimum absolute atomic E-state index is 0.0958. The SMILES string of the molecule is CC(=O)Nc1ccc(-c2cnc(N[C@H]3C[C@@H]4CN(C(=O)OC(C)(C)C)C[C@@H]4C3)cn2)cc1. The van der Waals surface area contributed by atoms with E-state index in [9.17, 15) is 9.59 Å². The van der Waals surface area contributed by atoms with Crippen molar-refractivity contribution in [3.05, 3.63) is 36.7 Å². The average molecular weight is 438 g/mol. The van der Waals surface area contributed by atoms with E-state index in [1.165, 1.54) is 6.92 Å². The second-order valence-corrected chi connectivity index (χ2v) is 9.76. The molecule has 2 aromatic rings. The number of hydrogen-bond acceptors (Lipinski definition) is 6. The third kappa shape index (κ3) is 5.36. The van der Waals surface area contributed by atoms with Crippen LogP contribution in [0.2, 0.25) is 0 Å². The lowest BCUT2D eigenvalue weighted by Gasteiger charge is -2.25. The van der Waals surface area contributed by atoms with Gasteiger partial charge in [-0.25, -0.2) is 9.78 Å². The summed E-state index contributed by atoms with van der Waals surface area (Å²) in [6, 6.07) is 7.86. The van der Waals surface area contributed by atoms with Crippen molar-refractivity contribution in [1.29, 1.82) is 0 Å². The zero-order chi connectivity index (χ0) is 22.9. The van der Waals surface area contributed by atoms with Gasteiger partial charge in [-0.2, -0.15) is 0 Å². The van der Waals surface area contributed by atoms with Crippen LogP contribution in [0, 0.1) is 11.8 Å². The summed E-state index contributed by atoms with van der Waals surface area (Å²) in [6.07, 6.45) is 5.34. The molecule has 32 heavy (non-hydrogen) atoms. The Morgan fingerprint density at radius 3 is 2.22 bits per heavy atom. The zero-order valence-electron chi connectivity index (χ0n) is 19.1. The van der Waals surface area contributed by atoms with E-state index in [4.69, 9.17) is 4.74 Å². The summed E-state index contributed by atoms with van der Waals surface area (Å²) in [5, 5.41) is 6.26. The number of likely N-dealkylation sites (tertiary alicyclic amines) is 1. The summed E-state index contributed by atoms with van der Waals surface area (Å²) in [6.45, 7) is 8.70. The average Bonchev–Trinajstić information content (AvgIpc) is 3.26. The predicted molar refractivity (Wildman–Crippen MR) is 123 cm³/mol. The molecular weight excluding hydrogens is 406 g/mol. The van der Waals surface area contributed by atoms with Crippen LogP contribution in [-0.2, 0) is 9.53 Å². The predicted octanol–water partition coefficient (Wildman–Crippen LogP) is 4.16. The van der Waals surface area contributed by atoms with Gasteiger partial charge in [0.2, 0.25) is 5.91 Å². The Hall–Kier alpha value is -3.16. The standard InChI is InChI=1S/C24H31N5O3/c1-15(30)27-19-7-5-16(6-8-19)21-11-26-22(12-25-21)28-20-9-17-13-29(14-18(17)10-20)23(31)32-24(2,3)4/h5-8,11-12,17-18,20H,9-10,13-14H2,1-4H3,(H,26,28)(H,27,30)/t17-,18+,20+. The normalized spacial score (nSPS) is 22.4. The van der Waals surface area contributed by atoms with Crippen LogP contribution in [0.15, 0.2) is 36.7 Å². The highest BCUT2D eigenvalue weighted by Gasteiger charge is 2.43. The van der Waals surface area contributed by atoms with Crippen molar-refractivity contribution in [2.24, 2.45) is 11.8 Å². The Morgan fingerprint density at radius 1 is 1.03 bits per heavy atom. The summed E-state index contributed by atoms with van der Waals surface area (Å²) < 4.78 is 5.52. The van der Waals surface area contributed by atoms with Crippen molar-refractivity contribution in [2.75, 3.05) is 23.7 Å². The van der Waals surface area contributed by atoms with Gasteiger partial charge in [-0.05, 0) is 57.6 Å². The van der Waals surface area contributed by atoms with E-state index in [1.807, 2.05) is 49.9 Å². The number of anilines is 2. The molecule has 1 aliphatic heterocycles. The van der Waals surface area contributed by atoms with E-state index in [0.29, 0.717) is 17.9 Å². The van der Waals surface area contributed by atoms with Gasteiger partial charge in [-0.3, -0.25) is 9.78 Å². The number of benzene rings is 1. The summed E-state index contributed by atoms with van der Waals surface area (Å²) in [4.78, 5) is 34.4. The van der Waals surface area contributed by atoms with Crippen LogP contribution < -0.4 is 10.6 Å². The van der Waals surface area contributed by atoms with Crippen molar-refractivity contribution in [1.82, 2.24) is 14.9 Å². The Bertz CT molecular complexity index is 955. The summed E-state index contributed by atoms with van der Waals surface area (Å²) in [5.41, 5.74) is 2.01. The van der Waals surface area contributed by atoms with Gasteiger partial charge in [-0.15, -0.1) is 0 Å². The molecule has 1 aliphatic carbocycles. The first-order chi connectivity index (χ1) is 15.2. The van der Waals surface area contributed by atoms with Crippen molar-refractivity contribution in [3.8, 4) is 11.3 Å². The van der Waals surface area contributed by atoms with E-state index in [1.54, 1.807) is 12.4 Å². The lowest BCUT2D eigenvalue weighted by atomic mass is 10.0. The monoisotopic (exact) mass is 437 g/mol. The smallest absolute Gasteiger partial charge is 0.410 e. The van der Waals surface area contributed by atoms with Gasteiger partial charge >= 0.3 is 6.09 Å². The van der Waals surface area contributed by atoms with Gasteiger partial charge < -0.3 is 20.3 Å². The van der Waals surface area contributed by atoms with Crippen molar-refractivity contribution >= 4 is 23.5 Å². The number of aromatic nitrogens is 2. The van der Waals surface area contributed by atoms with Crippen LogP contribution in [-0.4, -0.2) is 51.6 Å². The van der Waals surface area contributed by atoms with Gasteiger partial charge in [0.25, 0.3) is 0 Å². The maximum Gasteiger partial charge on any atom is 0.410 e. The highest BCUT2D eigenvalue weighted by Crippen LogP contribution is 2.39. The van der Waals surface area contributed by atoms with Gasteiger partial charge in [0, 0.05) is 37.3 Å². The molecule has 1 aromatic heterocycles. The Kier molecular flexibility index (Phi) is 6.04. The molecule has 0 unspecified atom stereocenters. The molecule has 1 saturated heterocycles. The largest absolute Gasteiger partial charge is 0.444 e. The van der Waals surface area contributed by atoms with Crippen LogP contribution in [0.1, 0.15) is 40.5 Å². The summed E-state index contributed by atoms with van der Waals surface area (Å²) in [7, 11) is 0. The first-order valence-electron chi connectivity index (χ1n) is 11.1. The molecule has 0 bridgehead atoms. The maximum atomic E-state index is 12.3. The molecule has 2 heterocycles. The summed E-state index contributed by atoms with van der Waals surface area (Å²) >= 11 is 0. The number of hydrogen-bond donors (Lipinski definition) is 2. The molecule has 2 fully saturated rings. The number of nitrogens with one attached hydrogen (secondary N) is 2. The van der Waals surface area contributed by atoms with Gasteiger partial charge in [-0.1, -0.05) is 12.1 Å². The zero-order valence-corrected chi connectivity index (χ0v) is 19.1. The lowest BCUT2D eigenvalue weighted by Crippen LogP contribution is -2.36. The second-order valence-electron chi connectivity index (χ2n) is 9.76. The number of carbonyl (C=O) groups excluding carboxylic acids is 2. The van der Waals surface area contributed by atoms with E-state index in [0.717, 1.165) is 48.7 Å². The minimum atomic E-state index is -0.461. The molecule has 1 aromatic carbocycles. The summed E-state index contributed by atoms with van der Waals surface area (Å²) in [5.74, 6) is 1.66. The quantitative estimate of drug-likeness (QED) is 0.746. The Balaban J connectivity index is 1.29. The molecule has 2 amide bonds. The highest BCUT2D eigenvalue weighted by atomic mass is 16.6. The molecule has 170 valence electrons. The van der Waals surface area contributed by atoms with E-state index >= 15 is 0 Å². The van der Waals surface area contributed by atoms with Crippen LogP contribution in [0.5, 0.6) is 0 Å². The molecule has 2 aliphatic rings. The molecule has 2 N–H and O–H groups in total. The molecular formula is C24H31N5O3. The molecule has 8 nitrogen and oxygen atoms in total. The van der Waals surface area contributed by atoms with Crippen molar-refractivity contribution in [2.45, 2.75) is 52.2 Å². The fourth-order valence-corrected chi connectivity index (χ4v) is 4.58. The third-order valence-electron chi connectivity index (χ3n) is 5.91. The van der Waals surface area contributed by atoms with E-state index < -0.39 is 5.60 Å². The number of amides is 2. The maximum absolute atomic E-state index is 12.3. The number of carbonyl (C=O) groups is 2. The van der Waals surface area contributed by atoms with Crippen LogP contribution in [0.3, 0.4) is 0 Å². The number of ether oxygens (including phenoxy) is 1. The van der Waals surface area contributed by atoms with Gasteiger partial charge in [0.1, 0.15) is 11.4 Å². The van der Waals surface area contributed by atoms with Crippen LogP contribution in [0.4, 0.5) is 16.3 Å². The van der Waals surface area contributed by atoms with E-state index in [2.05, 4.69) is 20.6 Å². The van der Waals surface area contributed by atoms with Gasteiger partial charge in [0.05, 0.1) is 18.1 Å².